The maximum atomic E-state index is 10.7. The summed E-state index contributed by atoms with van der Waals surface area (Å²) >= 11 is 0. The monoisotopic (exact) mass is 172 g/mol. The van der Waals surface area contributed by atoms with Gasteiger partial charge in [-0.15, -0.1) is 0 Å². The van der Waals surface area contributed by atoms with Crippen molar-refractivity contribution >= 4 is 6.29 Å². The number of ether oxygens (including phenoxy) is 2. The fraction of sp³-hybridized carbons (Fsp3) is 0.889. The zero-order valence-corrected chi connectivity index (χ0v) is 7.87. The smallest absolute Gasteiger partial charge is 0.161 e. The topological polar surface area (TPSA) is 35.5 Å². The second kappa shape index (κ2) is 3.54. The van der Waals surface area contributed by atoms with Crippen LogP contribution in [0.5, 0.6) is 0 Å². The predicted octanol–water partition coefficient (Wildman–Crippen LogP) is 1.36. The minimum atomic E-state index is -0.632. The lowest BCUT2D eigenvalue weighted by Crippen LogP contribution is -2.44. The molecule has 12 heavy (non-hydrogen) atoms. The predicted molar refractivity (Wildman–Crippen MR) is 44.7 cm³/mol. The van der Waals surface area contributed by atoms with Crippen molar-refractivity contribution in [1.82, 2.24) is 0 Å². The van der Waals surface area contributed by atoms with E-state index in [0.29, 0.717) is 5.92 Å². The number of carbonyl (C=O) groups is 1. The van der Waals surface area contributed by atoms with Gasteiger partial charge in [0.25, 0.3) is 0 Å². The molecular weight excluding hydrogens is 156 g/mol. The van der Waals surface area contributed by atoms with Crippen LogP contribution >= 0.6 is 0 Å². The maximum Gasteiger partial charge on any atom is 0.161 e. The summed E-state index contributed by atoms with van der Waals surface area (Å²) < 4.78 is 10.6. The molecule has 0 saturated carbocycles. The van der Waals surface area contributed by atoms with Gasteiger partial charge >= 0.3 is 0 Å². The molecule has 3 heteroatoms. The van der Waals surface area contributed by atoms with Gasteiger partial charge in [0.05, 0.1) is 0 Å². The van der Waals surface area contributed by atoms with Crippen molar-refractivity contribution in [2.24, 2.45) is 5.92 Å². The van der Waals surface area contributed by atoms with E-state index < -0.39 is 5.60 Å². The van der Waals surface area contributed by atoms with Gasteiger partial charge in [0, 0.05) is 13.0 Å². The summed E-state index contributed by atoms with van der Waals surface area (Å²) in [5.74, 6) is 0.378. The van der Waals surface area contributed by atoms with E-state index in [1.54, 1.807) is 14.0 Å². The van der Waals surface area contributed by atoms with Gasteiger partial charge in [0.2, 0.25) is 0 Å². The van der Waals surface area contributed by atoms with Gasteiger partial charge in [0.1, 0.15) is 5.60 Å². The Balaban J connectivity index is 2.60. The van der Waals surface area contributed by atoms with Crippen molar-refractivity contribution in [3.05, 3.63) is 0 Å². The number of aldehydes is 1. The lowest BCUT2D eigenvalue weighted by Gasteiger charge is -2.37. The highest BCUT2D eigenvalue weighted by Gasteiger charge is 2.36. The van der Waals surface area contributed by atoms with E-state index in [0.717, 1.165) is 19.1 Å². The molecule has 0 aromatic rings. The fourth-order valence-corrected chi connectivity index (χ4v) is 1.46. The van der Waals surface area contributed by atoms with Gasteiger partial charge in [-0.05, 0) is 19.8 Å². The first-order chi connectivity index (χ1) is 5.61. The van der Waals surface area contributed by atoms with Crippen molar-refractivity contribution < 1.29 is 14.3 Å². The average molecular weight is 172 g/mol. The second-order valence-electron chi connectivity index (χ2n) is 3.67. The molecule has 1 rings (SSSR count). The first-order valence-corrected chi connectivity index (χ1v) is 4.28. The van der Waals surface area contributed by atoms with Crippen LogP contribution in [-0.4, -0.2) is 25.3 Å². The highest BCUT2D eigenvalue weighted by atomic mass is 16.7. The molecular formula is C9H16O3. The molecule has 1 fully saturated rings. The summed E-state index contributed by atoms with van der Waals surface area (Å²) in [6, 6.07) is 0. The van der Waals surface area contributed by atoms with Gasteiger partial charge < -0.3 is 14.3 Å². The molecule has 0 spiro atoms. The molecule has 1 aliphatic heterocycles. The first-order valence-electron chi connectivity index (χ1n) is 4.28. The first kappa shape index (κ1) is 9.68. The number of rotatable bonds is 2. The van der Waals surface area contributed by atoms with Gasteiger partial charge in [-0.1, -0.05) is 6.92 Å². The third-order valence-corrected chi connectivity index (χ3v) is 2.43. The fourth-order valence-electron chi connectivity index (χ4n) is 1.46. The van der Waals surface area contributed by atoms with Crippen LogP contribution in [0.15, 0.2) is 0 Å². The van der Waals surface area contributed by atoms with Crippen molar-refractivity contribution in [3.8, 4) is 0 Å². The van der Waals surface area contributed by atoms with Gasteiger partial charge in [-0.3, -0.25) is 0 Å². The Morgan fingerprint density at radius 2 is 2.33 bits per heavy atom. The zero-order chi connectivity index (χ0) is 9.19. The summed E-state index contributed by atoms with van der Waals surface area (Å²) in [5.41, 5.74) is -0.632. The van der Waals surface area contributed by atoms with Crippen molar-refractivity contribution in [1.29, 1.82) is 0 Å². The third-order valence-electron chi connectivity index (χ3n) is 2.43. The SMILES string of the molecule is COC1OC(C)(C=O)CCC1C. The standard InChI is InChI=1S/C9H16O3/c1-7-4-5-9(2,6-10)12-8(7)11-3/h6-8H,4-5H2,1-3H3. The van der Waals surface area contributed by atoms with E-state index in [-0.39, 0.29) is 6.29 Å². The van der Waals surface area contributed by atoms with Crippen LogP contribution in [0.4, 0.5) is 0 Å². The van der Waals surface area contributed by atoms with E-state index in [1.807, 2.05) is 0 Å². The van der Waals surface area contributed by atoms with E-state index in [4.69, 9.17) is 9.47 Å². The van der Waals surface area contributed by atoms with Crippen molar-refractivity contribution in [3.63, 3.8) is 0 Å². The summed E-state index contributed by atoms with van der Waals surface area (Å²) in [5, 5.41) is 0. The molecule has 1 aliphatic rings. The Bertz CT molecular complexity index is 169. The molecule has 0 aromatic heterocycles. The molecule has 0 aromatic carbocycles. The largest absolute Gasteiger partial charge is 0.356 e. The quantitative estimate of drug-likeness (QED) is 0.590. The minimum Gasteiger partial charge on any atom is -0.356 e. The molecule has 1 saturated heterocycles. The molecule has 0 N–H and O–H groups in total. The van der Waals surface area contributed by atoms with Gasteiger partial charge in [-0.2, -0.15) is 0 Å². The van der Waals surface area contributed by atoms with E-state index in [1.165, 1.54) is 0 Å². The maximum absolute atomic E-state index is 10.7. The number of hydrogen-bond acceptors (Lipinski definition) is 3. The Labute approximate surface area is 73.0 Å². The average Bonchev–Trinajstić information content (AvgIpc) is 2.10. The van der Waals surface area contributed by atoms with Crippen molar-refractivity contribution in [2.45, 2.75) is 38.6 Å². The summed E-state index contributed by atoms with van der Waals surface area (Å²) in [7, 11) is 1.61. The van der Waals surface area contributed by atoms with E-state index in [9.17, 15) is 4.79 Å². The zero-order valence-electron chi connectivity index (χ0n) is 7.87. The molecule has 70 valence electrons. The van der Waals surface area contributed by atoms with Crippen LogP contribution < -0.4 is 0 Å². The number of carbonyl (C=O) groups excluding carboxylic acids is 1. The van der Waals surface area contributed by atoms with Crippen LogP contribution in [0.1, 0.15) is 26.7 Å². The van der Waals surface area contributed by atoms with Crippen molar-refractivity contribution in [2.75, 3.05) is 7.11 Å². The summed E-state index contributed by atoms with van der Waals surface area (Å²) in [4.78, 5) is 10.7. The van der Waals surface area contributed by atoms with E-state index in [2.05, 4.69) is 6.92 Å². The van der Waals surface area contributed by atoms with Crippen LogP contribution in [0.3, 0.4) is 0 Å². The van der Waals surface area contributed by atoms with Crippen LogP contribution in [0.2, 0.25) is 0 Å². The second-order valence-corrected chi connectivity index (χ2v) is 3.67. The molecule has 0 radical (unpaired) electrons. The lowest BCUT2D eigenvalue weighted by molar-refractivity contribution is -0.232. The molecule has 0 bridgehead atoms. The van der Waals surface area contributed by atoms with Crippen LogP contribution in [-0.2, 0) is 14.3 Å². The van der Waals surface area contributed by atoms with Gasteiger partial charge in [0.15, 0.2) is 12.6 Å². The lowest BCUT2D eigenvalue weighted by atomic mass is 9.91. The highest BCUT2D eigenvalue weighted by Crippen LogP contribution is 2.30. The summed E-state index contributed by atoms with van der Waals surface area (Å²) in [6.07, 6.45) is 2.41. The molecule has 3 atom stereocenters. The number of methoxy groups -OCH3 is 1. The summed E-state index contributed by atoms with van der Waals surface area (Å²) in [6.45, 7) is 3.87. The Morgan fingerprint density at radius 1 is 1.67 bits per heavy atom. The van der Waals surface area contributed by atoms with Crippen LogP contribution in [0.25, 0.3) is 0 Å². The molecule has 3 nitrogen and oxygen atoms in total. The Hall–Kier alpha value is -0.410. The molecule has 0 aliphatic carbocycles. The van der Waals surface area contributed by atoms with Crippen LogP contribution in [0, 0.1) is 5.92 Å². The number of hydrogen-bond donors (Lipinski definition) is 0. The normalized spacial score (nSPS) is 42.6. The Kier molecular flexibility index (Phi) is 2.85. The third kappa shape index (κ3) is 1.84. The van der Waals surface area contributed by atoms with E-state index >= 15 is 0 Å². The highest BCUT2D eigenvalue weighted by molar-refractivity contribution is 5.61. The molecule has 0 amide bonds. The molecule has 3 unspecified atom stereocenters. The molecule has 1 heterocycles. The minimum absolute atomic E-state index is 0.228. The van der Waals surface area contributed by atoms with Gasteiger partial charge in [-0.25, -0.2) is 0 Å². The Morgan fingerprint density at radius 3 is 2.83 bits per heavy atom.